The molecule has 0 nitrogen and oxygen atoms in total. The molecule has 0 aromatic heterocycles. The fraction of sp³-hybridized carbons (Fsp3) is 0.769. The molecule has 0 bridgehead atoms. The predicted octanol–water partition coefficient (Wildman–Crippen LogP) is 8.62. The third-order valence-corrected chi connectivity index (χ3v) is 7.77. The number of unbranched alkanes of at least 4 members (excludes halogenated alkanes) is 1. The van der Waals surface area contributed by atoms with Crippen molar-refractivity contribution >= 4 is 0 Å². The Morgan fingerprint density at radius 2 is 1.07 bits per heavy atom. The molecule has 3 rings (SSSR count). The highest BCUT2D eigenvalue weighted by atomic mass is 19.2. The maximum Gasteiger partial charge on any atom is 0.194 e. The highest BCUT2D eigenvalue weighted by molar-refractivity contribution is 5.19. The Balaban J connectivity index is 1.30. The molecule has 0 heterocycles. The third kappa shape index (κ3) is 7.03. The zero-order valence-corrected chi connectivity index (χ0v) is 18.2. The zero-order chi connectivity index (χ0) is 20.6. The summed E-state index contributed by atoms with van der Waals surface area (Å²) in [4.78, 5) is 0. The van der Waals surface area contributed by atoms with E-state index in [2.05, 4.69) is 6.92 Å². The van der Waals surface area contributed by atoms with E-state index in [0.29, 0.717) is 17.9 Å². The molecule has 29 heavy (non-hydrogen) atoms. The Morgan fingerprint density at radius 3 is 1.52 bits per heavy atom. The summed E-state index contributed by atoms with van der Waals surface area (Å²) >= 11 is 0. The molecule has 0 radical (unpaired) electrons. The molecule has 2 fully saturated rings. The summed E-state index contributed by atoms with van der Waals surface area (Å²) in [6, 6.07) is 2.31. The molecule has 0 N–H and O–H groups in total. The monoisotopic (exact) mass is 408 g/mol. The van der Waals surface area contributed by atoms with Gasteiger partial charge in [-0.1, -0.05) is 90.4 Å². The van der Waals surface area contributed by atoms with Crippen molar-refractivity contribution in [3.63, 3.8) is 0 Å². The summed E-state index contributed by atoms with van der Waals surface area (Å²) in [5.41, 5.74) is 0.582. The largest absolute Gasteiger partial charge is 0.204 e. The fourth-order valence-corrected chi connectivity index (χ4v) is 5.71. The van der Waals surface area contributed by atoms with Crippen LogP contribution < -0.4 is 0 Å². The lowest BCUT2D eigenvalue weighted by molar-refractivity contribution is 0.209. The lowest BCUT2D eigenvalue weighted by atomic mass is 9.74. The van der Waals surface area contributed by atoms with Crippen molar-refractivity contribution in [3.8, 4) is 0 Å². The summed E-state index contributed by atoms with van der Waals surface area (Å²) in [5.74, 6) is 0.00897. The smallest absolute Gasteiger partial charge is 0.194 e. The first-order chi connectivity index (χ1) is 14.0. The van der Waals surface area contributed by atoms with Crippen molar-refractivity contribution in [1.82, 2.24) is 0 Å². The summed E-state index contributed by atoms with van der Waals surface area (Å²) in [6.07, 6.45) is 19.5. The molecule has 1 aromatic carbocycles. The van der Waals surface area contributed by atoms with E-state index in [0.717, 1.165) is 36.3 Å². The molecule has 0 atom stereocenters. The lowest BCUT2D eigenvalue weighted by Crippen LogP contribution is -2.18. The minimum absolute atomic E-state index is 0.582. The van der Waals surface area contributed by atoms with E-state index in [-0.39, 0.29) is 0 Å². The molecule has 0 spiro atoms. The molecule has 0 saturated heterocycles. The summed E-state index contributed by atoms with van der Waals surface area (Å²) in [7, 11) is 0. The van der Waals surface area contributed by atoms with Crippen molar-refractivity contribution in [2.75, 3.05) is 0 Å². The van der Waals surface area contributed by atoms with E-state index < -0.39 is 17.5 Å². The molecule has 2 aliphatic carbocycles. The standard InChI is InChI=1S/C26H39F3/c1-2-3-4-19-5-7-20(8-6-19)9-10-21-11-13-22(14-12-21)15-16-23-17-24(27)26(29)25(28)18-23/h17-22H,2-16H2,1H3/t19-,20-,21-,22-. The Morgan fingerprint density at radius 1 is 0.655 bits per heavy atom. The quantitative estimate of drug-likeness (QED) is 0.359. The SMILES string of the molecule is CCCC[C@H]1CC[C@H](CC[C@H]2CC[C@H](CCc3cc(F)c(F)c(F)c3)CC2)CC1. The van der Waals surface area contributed by atoms with E-state index in [9.17, 15) is 13.2 Å². The first-order valence-corrected chi connectivity index (χ1v) is 12.2. The van der Waals surface area contributed by atoms with E-state index >= 15 is 0 Å². The van der Waals surface area contributed by atoms with E-state index in [1.54, 1.807) is 0 Å². The van der Waals surface area contributed by atoms with Crippen molar-refractivity contribution in [1.29, 1.82) is 0 Å². The number of hydrogen-bond donors (Lipinski definition) is 0. The molecule has 0 aliphatic heterocycles. The molecule has 2 aliphatic rings. The number of rotatable bonds is 9. The van der Waals surface area contributed by atoms with Gasteiger partial charge in [-0.15, -0.1) is 0 Å². The predicted molar refractivity (Wildman–Crippen MR) is 114 cm³/mol. The Kier molecular flexibility index (Phi) is 8.93. The van der Waals surface area contributed by atoms with Crippen LogP contribution in [-0.2, 0) is 6.42 Å². The van der Waals surface area contributed by atoms with Crippen molar-refractivity contribution in [2.45, 2.75) is 103 Å². The van der Waals surface area contributed by atoms with Crippen LogP contribution in [0.4, 0.5) is 13.2 Å². The normalized spacial score (nSPS) is 27.9. The second-order valence-electron chi connectivity index (χ2n) is 9.91. The van der Waals surface area contributed by atoms with Crippen LogP contribution in [0.15, 0.2) is 12.1 Å². The van der Waals surface area contributed by atoms with E-state index in [1.165, 1.54) is 83.5 Å². The molecule has 0 amide bonds. The number of benzene rings is 1. The number of hydrogen-bond acceptors (Lipinski definition) is 0. The number of halogens is 3. The van der Waals surface area contributed by atoms with Crippen LogP contribution in [0.25, 0.3) is 0 Å². The van der Waals surface area contributed by atoms with Crippen molar-refractivity contribution in [2.24, 2.45) is 23.7 Å². The van der Waals surface area contributed by atoms with Crippen LogP contribution >= 0.6 is 0 Å². The van der Waals surface area contributed by atoms with Crippen molar-refractivity contribution < 1.29 is 13.2 Å². The highest BCUT2D eigenvalue weighted by Crippen LogP contribution is 2.38. The average molecular weight is 409 g/mol. The first-order valence-electron chi connectivity index (χ1n) is 12.2. The molecule has 3 heteroatoms. The summed E-state index contributed by atoms with van der Waals surface area (Å²) in [5, 5.41) is 0. The van der Waals surface area contributed by atoms with Crippen LogP contribution in [0.2, 0.25) is 0 Å². The lowest BCUT2D eigenvalue weighted by Gasteiger charge is -2.32. The highest BCUT2D eigenvalue weighted by Gasteiger charge is 2.24. The molecule has 1 aromatic rings. The van der Waals surface area contributed by atoms with Gasteiger partial charge in [-0.3, -0.25) is 0 Å². The molecular formula is C26H39F3. The van der Waals surface area contributed by atoms with Gasteiger partial charge in [0.15, 0.2) is 17.5 Å². The van der Waals surface area contributed by atoms with Gasteiger partial charge in [-0.2, -0.15) is 0 Å². The second kappa shape index (κ2) is 11.4. The van der Waals surface area contributed by atoms with Gasteiger partial charge < -0.3 is 0 Å². The zero-order valence-electron chi connectivity index (χ0n) is 18.2. The maximum absolute atomic E-state index is 13.4. The molecule has 0 unspecified atom stereocenters. The topological polar surface area (TPSA) is 0 Å². The van der Waals surface area contributed by atoms with Crippen LogP contribution in [0.1, 0.15) is 102 Å². The van der Waals surface area contributed by atoms with Crippen molar-refractivity contribution in [3.05, 3.63) is 35.1 Å². The average Bonchev–Trinajstić information content (AvgIpc) is 2.74. The van der Waals surface area contributed by atoms with Crippen LogP contribution in [-0.4, -0.2) is 0 Å². The maximum atomic E-state index is 13.4. The van der Waals surface area contributed by atoms with Gasteiger partial charge in [-0.05, 0) is 54.2 Å². The Bertz CT molecular complexity index is 587. The minimum Gasteiger partial charge on any atom is -0.204 e. The van der Waals surface area contributed by atoms with Gasteiger partial charge in [0, 0.05) is 0 Å². The number of aryl methyl sites for hydroxylation is 1. The van der Waals surface area contributed by atoms with Gasteiger partial charge in [0.1, 0.15) is 0 Å². The Labute approximate surface area is 175 Å². The van der Waals surface area contributed by atoms with Gasteiger partial charge in [-0.25, -0.2) is 13.2 Å². The molecule has 164 valence electrons. The summed E-state index contributed by atoms with van der Waals surface area (Å²) < 4.78 is 39.8. The third-order valence-electron chi connectivity index (χ3n) is 7.77. The molecular weight excluding hydrogens is 369 g/mol. The Hall–Kier alpha value is -0.990. The van der Waals surface area contributed by atoms with Gasteiger partial charge >= 0.3 is 0 Å². The van der Waals surface area contributed by atoms with Crippen LogP contribution in [0, 0.1) is 41.1 Å². The second-order valence-corrected chi connectivity index (χ2v) is 9.91. The van der Waals surface area contributed by atoms with Crippen LogP contribution in [0.5, 0.6) is 0 Å². The summed E-state index contributed by atoms with van der Waals surface area (Å²) in [6.45, 7) is 2.29. The van der Waals surface area contributed by atoms with Gasteiger partial charge in [0.05, 0.1) is 0 Å². The molecule has 2 saturated carbocycles. The minimum atomic E-state index is -1.36. The van der Waals surface area contributed by atoms with E-state index in [1.807, 2.05) is 0 Å². The van der Waals surface area contributed by atoms with Gasteiger partial charge in [0.25, 0.3) is 0 Å². The van der Waals surface area contributed by atoms with E-state index in [4.69, 9.17) is 0 Å². The van der Waals surface area contributed by atoms with Crippen LogP contribution in [0.3, 0.4) is 0 Å². The van der Waals surface area contributed by atoms with Gasteiger partial charge in [0.2, 0.25) is 0 Å². The first kappa shape index (κ1) is 22.7. The fourth-order valence-electron chi connectivity index (χ4n) is 5.71.